The van der Waals surface area contributed by atoms with Crippen molar-refractivity contribution in [3.05, 3.63) is 89.7 Å². The molecule has 6 heteroatoms. The number of carbonyl (C=O) groups is 2. The highest BCUT2D eigenvalue weighted by Crippen LogP contribution is 2.16. The predicted octanol–water partition coefficient (Wildman–Crippen LogP) is 4.50. The summed E-state index contributed by atoms with van der Waals surface area (Å²) in [7, 11) is 0. The zero-order valence-corrected chi connectivity index (χ0v) is 18.0. The average molecular weight is 417 g/mol. The minimum absolute atomic E-state index is 0.142. The van der Waals surface area contributed by atoms with Gasteiger partial charge in [-0.1, -0.05) is 19.1 Å². The van der Waals surface area contributed by atoms with Crippen LogP contribution in [0.25, 0.3) is 0 Å². The highest BCUT2D eigenvalue weighted by atomic mass is 16.2. The highest BCUT2D eigenvalue weighted by Gasteiger charge is 2.10. The summed E-state index contributed by atoms with van der Waals surface area (Å²) in [6.07, 6.45) is 4.32. The standard InChI is InChI=1S/C25H28N4O2/c1-3-16-29(4-2)23-10-8-20(9-11-23)24(30)27-18-19-6-5-7-21(17-19)25(31)28-22-12-14-26-15-13-22/h5-15,17H,3-4,16,18H2,1-2H3,(H,27,30)(H,26,28,31). The number of hydrogen-bond acceptors (Lipinski definition) is 4. The summed E-state index contributed by atoms with van der Waals surface area (Å²) in [6.45, 7) is 6.55. The number of hydrogen-bond donors (Lipinski definition) is 2. The fourth-order valence-corrected chi connectivity index (χ4v) is 3.31. The van der Waals surface area contributed by atoms with Crippen molar-refractivity contribution in [3.8, 4) is 0 Å². The van der Waals surface area contributed by atoms with E-state index >= 15 is 0 Å². The van der Waals surface area contributed by atoms with E-state index in [4.69, 9.17) is 0 Å². The van der Waals surface area contributed by atoms with E-state index in [2.05, 4.69) is 34.4 Å². The molecule has 3 aromatic rings. The van der Waals surface area contributed by atoms with Gasteiger partial charge in [-0.15, -0.1) is 0 Å². The molecule has 0 aliphatic rings. The van der Waals surface area contributed by atoms with Crippen LogP contribution in [0.5, 0.6) is 0 Å². The van der Waals surface area contributed by atoms with Gasteiger partial charge in [-0.3, -0.25) is 14.6 Å². The molecule has 160 valence electrons. The number of anilines is 2. The van der Waals surface area contributed by atoms with Crippen molar-refractivity contribution in [3.63, 3.8) is 0 Å². The van der Waals surface area contributed by atoms with E-state index < -0.39 is 0 Å². The lowest BCUT2D eigenvalue weighted by Crippen LogP contribution is -2.24. The molecule has 1 aromatic heterocycles. The number of pyridine rings is 1. The number of aromatic nitrogens is 1. The summed E-state index contributed by atoms with van der Waals surface area (Å²) in [5, 5.41) is 5.76. The molecule has 0 radical (unpaired) electrons. The van der Waals surface area contributed by atoms with Crippen LogP contribution in [-0.4, -0.2) is 29.9 Å². The van der Waals surface area contributed by atoms with E-state index in [-0.39, 0.29) is 11.8 Å². The Balaban J connectivity index is 1.59. The van der Waals surface area contributed by atoms with Crippen molar-refractivity contribution in [2.75, 3.05) is 23.3 Å². The maximum atomic E-state index is 12.5. The third kappa shape index (κ3) is 6.15. The average Bonchev–Trinajstić information content (AvgIpc) is 2.82. The Morgan fingerprint density at radius 1 is 0.903 bits per heavy atom. The molecule has 0 saturated heterocycles. The van der Waals surface area contributed by atoms with E-state index in [9.17, 15) is 9.59 Å². The topological polar surface area (TPSA) is 74.3 Å². The number of rotatable bonds is 9. The summed E-state index contributed by atoms with van der Waals surface area (Å²) in [6, 6.07) is 18.4. The van der Waals surface area contributed by atoms with Gasteiger partial charge >= 0.3 is 0 Å². The maximum absolute atomic E-state index is 12.5. The first-order valence-electron chi connectivity index (χ1n) is 10.5. The second-order valence-electron chi connectivity index (χ2n) is 7.20. The molecule has 2 N–H and O–H groups in total. The van der Waals surface area contributed by atoms with Crippen LogP contribution in [0.15, 0.2) is 73.1 Å². The van der Waals surface area contributed by atoms with Gasteiger partial charge in [0.2, 0.25) is 0 Å². The van der Waals surface area contributed by atoms with E-state index in [1.807, 2.05) is 36.4 Å². The van der Waals surface area contributed by atoms with Gasteiger partial charge in [0, 0.05) is 54.5 Å². The lowest BCUT2D eigenvalue weighted by molar-refractivity contribution is 0.0950. The second kappa shape index (κ2) is 10.9. The molecular formula is C25H28N4O2. The molecule has 1 heterocycles. The molecule has 0 unspecified atom stereocenters. The Labute approximate surface area is 183 Å². The summed E-state index contributed by atoms with van der Waals surface area (Å²) in [5.74, 6) is -0.348. The van der Waals surface area contributed by atoms with Gasteiger partial charge < -0.3 is 15.5 Å². The first-order valence-corrected chi connectivity index (χ1v) is 10.5. The minimum Gasteiger partial charge on any atom is -0.372 e. The Bertz CT molecular complexity index is 1000. The zero-order valence-electron chi connectivity index (χ0n) is 18.0. The van der Waals surface area contributed by atoms with Gasteiger partial charge in [0.05, 0.1) is 0 Å². The van der Waals surface area contributed by atoms with Gasteiger partial charge in [-0.25, -0.2) is 0 Å². The normalized spacial score (nSPS) is 10.4. The van der Waals surface area contributed by atoms with Crippen LogP contribution in [-0.2, 0) is 6.54 Å². The summed E-state index contributed by atoms with van der Waals surface area (Å²) < 4.78 is 0. The monoisotopic (exact) mass is 416 g/mol. The van der Waals surface area contributed by atoms with Crippen molar-refractivity contribution >= 4 is 23.2 Å². The number of carbonyl (C=O) groups excluding carboxylic acids is 2. The van der Waals surface area contributed by atoms with E-state index in [0.29, 0.717) is 23.4 Å². The van der Waals surface area contributed by atoms with Crippen molar-refractivity contribution in [1.82, 2.24) is 10.3 Å². The second-order valence-corrected chi connectivity index (χ2v) is 7.20. The molecule has 0 fully saturated rings. The summed E-state index contributed by atoms with van der Waals surface area (Å²) >= 11 is 0. The Morgan fingerprint density at radius 3 is 2.32 bits per heavy atom. The number of nitrogens with zero attached hydrogens (tertiary/aromatic N) is 2. The van der Waals surface area contributed by atoms with Crippen molar-refractivity contribution in [2.24, 2.45) is 0 Å². The van der Waals surface area contributed by atoms with Gasteiger partial charge in [-0.05, 0) is 67.4 Å². The highest BCUT2D eigenvalue weighted by molar-refractivity contribution is 6.04. The molecule has 6 nitrogen and oxygen atoms in total. The predicted molar refractivity (Wildman–Crippen MR) is 124 cm³/mol. The van der Waals surface area contributed by atoms with Crippen LogP contribution in [0.2, 0.25) is 0 Å². The molecule has 0 bridgehead atoms. The van der Waals surface area contributed by atoms with Crippen LogP contribution in [0, 0.1) is 0 Å². The maximum Gasteiger partial charge on any atom is 0.255 e. The lowest BCUT2D eigenvalue weighted by atomic mass is 10.1. The van der Waals surface area contributed by atoms with Gasteiger partial charge in [0.25, 0.3) is 11.8 Å². The van der Waals surface area contributed by atoms with Crippen LogP contribution in [0.3, 0.4) is 0 Å². The third-order valence-electron chi connectivity index (χ3n) is 4.95. The van der Waals surface area contributed by atoms with E-state index in [0.717, 1.165) is 30.8 Å². The number of nitrogens with one attached hydrogen (secondary N) is 2. The van der Waals surface area contributed by atoms with Crippen LogP contribution in [0.4, 0.5) is 11.4 Å². The number of amides is 2. The fraction of sp³-hybridized carbons (Fsp3) is 0.240. The first-order chi connectivity index (χ1) is 15.1. The number of benzene rings is 2. The summed E-state index contributed by atoms with van der Waals surface area (Å²) in [4.78, 5) is 31.2. The Kier molecular flexibility index (Phi) is 7.76. The molecule has 0 aliphatic carbocycles. The van der Waals surface area contributed by atoms with Crippen LogP contribution >= 0.6 is 0 Å². The molecule has 0 aliphatic heterocycles. The summed E-state index contributed by atoms with van der Waals surface area (Å²) in [5.41, 5.74) is 3.80. The van der Waals surface area contributed by atoms with Crippen molar-refractivity contribution < 1.29 is 9.59 Å². The molecular weight excluding hydrogens is 388 g/mol. The van der Waals surface area contributed by atoms with Crippen LogP contribution in [0.1, 0.15) is 46.5 Å². The Hall–Kier alpha value is -3.67. The molecule has 0 saturated carbocycles. The fourth-order valence-electron chi connectivity index (χ4n) is 3.31. The molecule has 3 rings (SSSR count). The quantitative estimate of drug-likeness (QED) is 0.539. The van der Waals surface area contributed by atoms with Gasteiger partial charge in [0.1, 0.15) is 0 Å². The molecule has 31 heavy (non-hydrogen) atoms. The van der Waals surface area contributed by atoms with E-state index in [1.54, 1.807) is 36.7 Å². The van der Waals surface area contributed by atoms with E-state index in [1.165, 1.54) is 0 Å². The third-order valence-corrected chi connectivity index (χ3v) is 4.95. The molecule has 0 atom stereocenters. The Morgan fingerprint density at radius 2 is 1.65 bits per heavy atom. The zero-order chi connectivity index (χ0) is 22.1. The first kappa shape index (κ1) is 22.0. The molecule has 2 amide bonds. The molecule has 0 spiro atoms. The lowest BCUT2D eigenvalue weighted by Gasteiger charge is -2.22. The van der Waals surface area contributed by atoms with Gasteiger partial charge in [-0.2, -0.15) is 0 Å². The largest absolute Gasteiger partial charge is 0.372 e. The SMILES string of the molecule is CCCN(CC)c1ccc(C(=O)NCc2cccc(C(=O)Nc3ccncc3)c2)cc1. The minimum atomic E-state index is -0.206. The smallest absolute Gasteiger partial charge is 0.255 e. The van der Waals surface area contributed by atoms with Crippen molar-refractivity contribution in [2.45, 2.75) is 26.8 Å². The van der Waals surface area contributed by atoms with Gasteiger partial charge in [0.15, 0.2) is 0 Å². The molecule has 2 aromatic carbocycles. The van der Waals surface area contributed by atoms with Crippen molar-refractivity contribution in [1.29, 1.82) is 0 Å². The van der Waals surface area contributed by atoms with Crippen LogP contribution < -0.4 is 15.5 Å².